The van der Waals surface area contributed by atoms with Crippen LogP contribution in [-0.2, 0) is 6.61 Å². The van der Waals surface area contributed by atoms with Crippen molar-refractivity contribution in [1.82, 2.24) is 9.97 Å². The third-order valence-electron chi connectivity index (χ3n) is 4.92. The number of aromatic hydroxyl groups is 1. The summed E-state index contributed by atoms with van der Waals surface area (Å²) in [6.07, 6.45) is 1.47. The van der Waals surface area contributed by atoms with Crippen molar-refractivity contribution in [2.45, 2.75) is 13.5 Å². The van der Waals surface area contributed by atoms with Gasteiger partial charge in [0.25, 0.3) is 0 Å². The van der Waals surface area contributed by atoms with Gasteiger partial charge in [-0.15, -0.1) is 0 Å². The highest BCUT2D eigenvalue weighted by atomic mass is 16.5. The molecule has 0 unspecified atom stereocenters. The second-order valence-corrected chi connectivity index (χ2v) is 7.12. The lowest BCUT2D eigenvalue weighted by molar-refractivity contribution is 0.303. The van der Waals surface area contributed by atoms with E-state index in [0.717, 1.165) is 11.1 Å². The van der Waals surface area contributed by atoms with Gasteiger partial charge < -0.3 is 25.1 Å². The van der Waals surface area contributed by atoms with Gasteiger partial charge in [-0.05, 0) is 42.3 Å². The van der Waals surface area contributed by atoms with Crippen LogP contribution in [0.3, 0.4) is 0 Å². The van der Waals surface area contributed by atoms with Crippen molar-refractivity contribution in [3.8, 4) is 40.0 Å². The molecule has 0 saturated carbocycles. The van der Waals surface area contributed by atoms with E-state index in [1.165, 1.54) is 6.20 Å². The first-order valence-corrected chi connectivity index (χ1v) is 9.98. The van der Waals surface area contributed by atoms with Gasteiger partial charge in [0.1, 0.15) is 35.3 Å². The Balaban J connectivity index is 1.60. The second kappa shape index (κ2) is 9.26. The van der Waals surface area contributed by atoms with E-state index in [-0.39, 0.29) is 11.7 Å². The summed E-state index contributed by atoms with van der Waals surface area (Å²) in [7, 11) is 1.58. The van der Waals surface area contributed by atoms with E-state index in [0.29, 0.717) is 40.9 Å². The lowest BCUT2D eigenvalue weighted by Gasteiger charge is -2.14. The molecule has 0 aliphatic heterocycles. The minimum atomic E-state index is -0.0131. The normalized spacial score (nSPS) is 10.6. The SMILES string of the molecule is COc1cccc(Oc2cnc(N)nc2-c2ccc(OCc3ccccc3C)cc2O)c1. The molecule has 1 heterocycles. The molecule has 4 rings (SSSR count). The summed E-state index contributed by atoms with van der Waals surface area (Å²) in [5.74, 6) is 2.12. The van der Waals surface area contributed by atoms with Crippen LogP contribution >= 0.6 is 0 Å². The lowest BCUT2D eigenvalue weighted by Crippen LogP contribution is -2.00. The Morgan fingerprint density at radius 3 is 2.53 bits per heavy atom. The van der Waals surface area contributed by atoms with E-state index in [1.807, 2.05) is 43.3 Å². The molecule has 0 aliphatic rings. The molecular weight excluding hydrogens is 406 g/mol. The van der Waals surface area contributed by atoms with Gasteiger partial charge in [0.15, 0.2) is 5.75 Å². The number of nitrogens with two attached hydrogens (primary N) is 1. The third kappa shape index (κ3) is 4.73. The molecule has 3 aromatic carbocycles. The topological polar surface area (TPSA) is 99.7 Å². The Labute approximate surface area is 186 Å². The number of hydrogen-bond donors (Lipinski definition) is 2. The molecule has 162 valence electrons. The average Bonchev–Trinajstić information content (AvgIpc) is 2.80. The predicted molar refractivity (Wildman–Crippen MR) is 122 cm³/mol. The number of phenols is 1. The molecule has 0 bridgehead atoms. The Morgan fingerprint density at radius 1 is 0.938 bits per heavy atom. The molecule has 7 heteroatoms. The molecule has 4 aromatic rings. The standard InChI is InChI=1S/C25H23N3O4/c1-16-6-3-4-7-17(16)15-31-19-10-11-21(22(29)13-19)24-23(14-27-25(26)28-24)32-20-9-5-8-18(12-20)30-2/h3-14,29H,15H2,1-2H3,(H2,26,27,28). The largest absolute Gasteiger partial charge is 0.507 e. The highest BCUT2D eigenvalue weighted by molar-refractivity contribution is 5.73. The number of benzene rings is 3. The van der Waals surface area contributed by atoms with Crippen molar-refractivity contribution in [2.75, 3.05) is 12.8 Å². The molecule has 0 radical (unpaired) electrons. The summed E-state index contributed by atoms with van der Waals surface area (Å²) < 4.78 is 17.1. The van der Waals surface area contributed by atoms with Crippen molar-refractivity contribution in [3.05, 3.63) is 84.1 Å². The molecule has 0 atom stereocenters. The van der Waals surface area contributed by atoms with Gasteiger partial charge in [0.05, 0.1) is 13.3 Å². The number of aromatic nitrogens is 2. The Kier molecular flexibility index (Phi) is 6.07. The van der Waals surface area contributed by atoms with Gasteiger partial charge in [-0.25, -0.2) is 9.97 Å². The Hall–Kier alpha value is -4.26. The maximum atomic E-state index is 10.7. The molecule has 0 amide bonds. The average molecular weight is 429 g/mol. The molecule has 0 aliphatic carbocycles. The molecule has 0 saturated heterocycles. The van der Waals surface area contributed by atoms with E-state index in [9.17, 15) is 5.11 Å². The quantitative estimate of drug-likeness (QED) is 0.421. The maximum absolute atomic E-state index is 10.7. The van der Waals surface area contributed by atoms with Crippen LogP contribution < -0.4 is 19.9 Å². The number of nitrogen functional groups attached to an aromatic ring is 1. The smallest absolute Gasteiger partial charge is 0.220 e. The lowest BCUT2D eigenvalue weighted by atomic mass is 10.1. The van der Waals surface area contributed by atoms with Crippen molar-refractivity contribution in [1.29, 1.82) is 0 Å². The van der Waals surface area contributed by atoms with Crippen LogP contribution in [-0.4, -0.2) is 22.2 Å². The zero-order valence-corrected chi connectivity index (χ0v) is 17.8. The predicted octanol–water partition coefficient (Wildman–Crippen LogP) is 5.12. The summed E-state index contributed by atoms with van der Waals surface area (Å²) in [5.41, 5.74) is 8.83. The number of aryl methyl sites for hydroxylation is 1. The third-order valence-corrected chi connectivity index (χ3v) is 4.92. The molecule has 0 spiro atoms. The van der Waals surface area contributed by atoms with Crippen molar-refractivity contribution in [3.63, 3.8) is 0 Å². The van der Waals surface area contributed by atoms with Gasteiger partial charge in [0.2, 0.25) is 5.95 Å². The van der Waals surface area contributed by atoms with Crippen molar-refractivity contribution >= 4 is 5.95 Å². The minimum absolute atomic E-state index is 0.0131. The van der Waals surface area contributed by atoms with E-state index in [1.54, 1.807) is 37.4 Å². The van der Waals surface area contributed by atoms with E-state index in [4.69, 9.17) is 19.9 Å². The molecule has 3 N–H and O–H groups in total. The Morgan fingerprint density at radius 2 is 1.75 bits per heavy atom. The van der Waals surface area contributed by atoms with Crippen LogP contribution in [0, 0.1) is 6.92 Å². The number of nitrogens with zero attached hydrogens (tertiary/aromatic N) is 2. The van der Waals surface area contributed by atoms with Crippen LogP contribution in [0.25, 0.3) is 11.3 Å². The summed E-state index contributed by atoms with van der Waals surface area (Å²) >= 11 is 0. The van der Waals surface area contributed by atoms with Gasteiger partial charge >= 0.3 is 0 Å². The van der Waals surface area contributed by atoms with Gasteiger partial charge in [-0.1, -0.05) is 30.3 Å². The van der Waals surface area contributed by atoms with Crippen LogP contribution in [0.15, 0.2) is 72.9 Å². The first-order valence-electron chi connectivity index (χ1n) is 9.98. The summed E-state index contributed by atoms with van der Waals surface area (Å²) in [4.78, 5) is 8.31. The first kappa shape index (κ1) is 21.0. The summed E-state index contributed by atoms with van der Waals surface area (Å²) in [6.45, 7) is 2.43. The fraction of sp³-hybridized carbons (Fsp3) is 0.120. The number of methoxy groups -OCH3 is 1. The van der Waals surface area contributed by atoms with E-state index >= 15 is 0 Å². The highest BCUT2D eigenvalue weighted by Gasteiger charge is 2.16. The highest BCUT2D eigenvalue weighted by Crippen LogP contribution is 2.38. The second-order valence-electron chi connectivity index (χ2n) is 7.12. The first-order chi connectivity index (χ1) is 15.5. The zero-order chi connectivity index (χ0) is 22.5. The summed E-state index contributed by atoms with van der Waals surface area (Å²) in [5, 5.41) is 10.7. The molecule has 32 heavy (non-hydrogen) atoms. The molecule has 7 nitrogen and oxygen atoms in total. The molecule has 1 aromatic heterocycles. The van der Waals surface area contributed by atoms with Crippen LogP contribution in [0.4, 0.5) is 5.95 Å². The minimum Gasteiger partial charge on any atom is -0.507 e. The number of ether oxygens (including phenoxy) is 3. The van der Waals surface area contributed by atoms with Crippen LogP contribution in [0.5, 0.6) is 28.7 Å². The fourth-order valence-corrected chi connectivity index (χ4v) is 3.18. The number of phenolic OH excluding ortho intramolecular Hbond substituents is 1. The van der Waals surface area contributed by atoms with Gasteiger partial charge in [0, 0.05) is 17.7 Å². The monoisotopic (exact) mass is 429 g/mol. The van der Waals surface area contributed by atoms with Crippen molar-refractivity contribution in [2.24, 2.45) is 0 Å². The van der Waals surface area contributed by atoms with E-state index in [2.05, 4.69) is 9.97 Å². The number of hydrogen-bond acceptors (Lipinski definition) is 7. The number of rotatable bonds is 7. The maximum Gasteiger partial charge on any atom is 0.220 e. The van der Waals surface area contributed by atoms with Gasteiger partial charge in [-0.2, -0.15) is 0 Å². The zero-order valence-electron chi connectivity index (χ0n) is 17.8. The summed E-state index contributed by atoms with van der Waals surface area (Å²) in [6, 6.07) is 20.2. The van der Waals surface area contributed by atoms with E-state index < -0.39 is 0 Å². The van der Waals surface area contributed by atoms with Gasteiger partial charge in [-0.3, -0.25) is 0 Å². The van der Waals surface area contributed by atoms with Crippen molar-refractivity contribution < 1.29 is 19.3 Å². The number of anilines is 1. The molecular formula is C25H23N3O4. The molecule has 0 fully saturated rings. The van der Waals surface area contributed by atoms with Crippen LogP contribution in [0.2, 0.25) is 0 Å². The Bertz CT molecular complexity index is 1240. The van der Waals surface area contributed by atoms with Crippen LogP contribution in [0.1, 0.15) is 11.1 Å². The fourth-order valence-electron chi connectivity index (χ4n) is 3.18.